The van der Waals surface area contributed by atoms with Gasteiger partial charge in [-0.1, -0.05) is 78.9 Å². The van der Waals surface area contributed by atoms with Crippen molar-refractivity contribution in [2.45, 2.75) is 17.9 Å². The third-order valence-electron chi connectivity index (χ3n) is 4.80. The zero-order valence-electron chi connectivity index (χ0n) is 17.0. The van der Waals surface area contributed by atoms with Gasteiger partial charge in [-0.3, -0.25) is 0 Å². The Morgan fingerprint density at radius 2 is 1.35 bits per heavy atom. The van der Waals surface area contributed by atoms with Crippen LogP contribution in [0.25, 0.3) is 11.3 Å². The average molecular weight is 431 g/mol. The molecule has 156 valence electrons. The normalized spacial score (nSPS) is 12.2. The quantitative estimate of drug-likeness (QED) is 0.382. The predicted molar refractivity (Wildman–Crippen MR) is 122 cm³/mol. The van der Waals surface area contributed by atoms with Gasteiger partial charge in [-0.15, -0.1) is 0 Å². The van der Waals surface area contributed by atoms with Crippen LogP contribution in [0.4, 0.5) is 5.82 Å². The molecule has 0 saturated carbocycles. The van der Waals surface area contributed by atoms with Crippen LogP contribution >= 0.6 is 0 Å². The molecule has 1 N–H and O–H groups in total. The largest absolute Gasteiger partial charge is 0.379 e. The van der Waals surface area contributed by atoms with Crippen molar-refractivity contribution in [2.24, 2.45) is 0 Å². The lowest BCUT2D eigenvalue weighted by Crippen LogP contribution is -2.16. The van der Waals surface area contributed by atoms with Crippen LogP contribution in [-0.2, 0) is 10.1 Å². The first-order chi connectivity index (χ1) is 15.0. The van der Waals surface area contributed by atoms with Gasteiger partial charge in [-0.2, -0.15) is 8.42 Å². The summed E-state index contributed by atoms with van der Waals surface area (Å²) in [5.41, 5.74) is 2.58. The number of hydrogen-bond acceptors (Lipinski definition) is 5. The second-order valence-electron chi connectivity index (χ2n) is 7.04. The smallest absolute Gasteiger partial charge is 0.342 e. The van der Waals surface area contributed by atoms with Crippen LogP contribution < -0.4 is 9.50 Å². The highest BCUT2D eigenvalue weighted by atomic mass is 32.2. The molecule has 4 aromatic rings. The Kier molecular flexibility index (Phi) is 6.00. The van der Waals surface area contributed by atoms with E-state index in [1.807, 2.05) is 67.6 Å². The van der Waals surface area contributed by atoms with Crippen molar-refractivity contribution < 1.29 is 12.6 Å². The van der Waals surface area contributed by atoms with Crippen molar-refractivity contribution in [2.75, 3.05) is 5.32 Å². The monoisotopic (exact) mass is 430 g/mol. The standard InChI is InChI=1S/C25H22N2O3S/c1-19(20-11-5-2-6-12-20)26-25-24(31(28,29)30-22-15-9-4-10-16-22)18-17-23(27-25)21-13-7-3-8-14-21/h2-19H,1H3,(H,26,27). The number of nitrogens with one attached hydrogen (secondary N) is 1. The van der Waals surface area contributed by atoms with E-state index in [4.69, 9.17) is 4.18 Å². The first-order valence-electron chi connectivity index (χ1n) is 9.90. The second kappa shape index (κ2) is 9.02. The number of hydrogen-bond donors (Lipinski definition) is 1. The van der Waals surface area contributed by atoms with Gasteiger partial charge in [0.25, 0.3) is 0 Å². The molecule has 3 aromatic carbocycles. The van der Waals surface area contributed by atoms with E-state index >= 15 is 0 Å². The molecule has 0 amide bonds. The number of para-hydroxylation sites is 1. The van der Waals surface area contributed by atoms with Crippen molar-refractivity contribution >= 4 is 15.9 Å². The molecule has 1 unspecified atom stereocenters. The fraction of sp³-hybridized carbons (Fsp3) is 0.0800. The summed E-state index contributed by atoms with van der Waals surface area (Å²) in [6.07, 6.45) is 0. The summed E-state index contributed by atoms with van der Waals surface area (Å²) < 4.78 is 31.5. The summed E-state index contributed by atoms with van der Waals surface area (Å²) in [6.45, 7) is 1.96. The Bertz CT molecular complexity index is 1250. The zero-order valence-corrected chi connectivity index (χ0v) is 17.8. The molecule has 1 aromatic heterocycles. The van der Waals surface area contributed by atoms with Gasteiger partial charge in [0, 0.05) is 11.6 Å². The number of rotatable bonds is 7. The van der Waals surface area contributed by atoms with E-state index in [2.05, 4.69) is 10.3 Å². The molecule has 6 heteroatoms. The highest BCUT2D eigenvalue weighted by molar-refractivity contribution is 7.87. The van der Waals surface area contributed by atoms with Crippen LogP contribution in [0.5, 0.6) is 5.75 Å². The lowest BCUT2D eigenvalue weighted by Gasteiger charge is -2.18. The molecule has 0 aliphatic heterocycles. The van der Waals surface area contributed by atoms with E-state index in [1.165, 1.54) is 6.07 Å². The first kappa shape index (κ1) is 20.6. The van der Waals surface area contributed by atoms with Crippen molar-refractivity contribution in [3.8, 4) is 17.0 Å². The summed E-state index contributed by atoms with van der Waals surface area (Å²) >= 11 is 0. The highest BCUT2D eigenvalue weighted by Crippen LogP contribution is 2.30. The molecule has 0 bridgehead atoms. The van der Waals surface area contributed by atoms with Crippen molar-refractivity contribution in [1.29, 1.82) is 0 Å². The fourth-order valence-electron chi connectivity index (χ4n) is 3.20. The van der Waals surface area contributed by atoms with Crippen LogP contribution in [0, 0.1) is 0 Å². The van der Waals surface area contributed by atoms with E-state index in [1.54, 1.807) is 36.4 Å². The fourth-order valence-corrected chi connectivity index (χ4v) is 4.23. The molecular weight excluding hydrogens is 408 g/mol. The van der Waals surface area contributed by atoms with Gasteiger partial charge < -0.3 is 9.50 Å². The molecule has 4 rings (SSSR count). The van der Waals surface area contributed by atoms with Gasteiger partial charge in [0.2, 0.25) is 0 Å². The predicted octanol–water partition coefficient (Wildman–Crippen LogP) is 5.69. The van der Waals surface area contributed by atoms with Crippen LogP contribution in [-0.4, -0.2) is 13.4 Å². The second-order valence-corrected chi connectivity index (χ2v) is 8.55. The Morgan fingerprint density at radius 3 is 2.00 bits per heavy atom. The van der Waals surface area contributed by atoms with Crippen molar-refractivity contribution in [3.63, 3.8) is 0 Å². The molecule has 1 heterocycles. The lowest BCUT2D eigenvalue weighted by atomic mass is 10.1. The topological polar surface area (TPSA) is 68.3 Å². The Hall–Kier alpha value is -3.64. The van der Waals surface area contributed by atoms with Gasteiger partial charge in [0.1, 0.15) is 16.5 Å². The SMILES string of the molecule is CC(Nc1nc(-c2ccccc2)ccc1S(=O)(=O)Oc1ccccc1)c1ccccc1. The summed E-state index contributed by atoms with van der Waals surface area (Å²) in [5, 5.41) is 3.26. The van der Waals surface area contributed by atoms with Crippen LogP contribution in [0.1, 0.15) is 18.5 Å². The summed E-state index contributed by atoms with van der Waals surface area (Å²) in [6, 6.07) is 30.9. The average Bonchev–Trinajstić information content (AvgIpc) is 2.80. The molecule has 0 spiro atoms. The van der Waals surface area contributed by atoms with Gasteiger partial charge in [-0.25, -0.2) is 4.98 Å². The third kappa shape index (κ3) is 4.92. The number of pyridine rings is 1. The first-order valence-corrected chi connectivity index (χ1v) is 11.3. The number of aromatic nitrogens is 1. The number of benzene rings is 3. The van der Waals surface area contributed by atoms with Gasteiger partial charge in [-0.05, 0) is 36.8 Å². The third-order valence-corrected chi connectivity index (χ3v) is 6.08. The van der Waals surface area contributed by atoms with Gasteiger partial charge >= 0.3 is 10.1 Å². The molecule has 1 atom stereocenters. The summed E-state index contributed by atoms with van der Waals surface area (Å²) in [5.74, 6) is 0.491. The summed E-state index contributed by atoms with van der Waals surface area (Å²) in [4.78, 5) is 4.63. The Labute approximate surface area is 182 Å². The Morgan fingerprint density at radius 1 is 0.774 bits per heavy atom. The molecular formula is C25H22N2O3S. The van der Waals surface area contributed by atoms with Gasteiger partial charge in [0.15, 0.2) is 0 Å². The molecule has 0 saturated heterocycles. The van der Waals surface area contributed by atoms with E-state index in [-0.39, 0.29) is 22.5 Å². The van der Waals surface area contributed by atoms with E-state index in [0.29, 0.717) is 5.69 Å². The highest BCUT2D eigenvalue weighted by Gasteiger charge is 2.24. The van der Waals surface area contributed by atoms with Crippen molar-refractivity contribution in [1.82, 2.24) is 4.98 Å². The van der Waals surface area contributed by atoms with Crippen LogP contribution in [0.2, 0.25) is 0 Å². The maximum absolute atomic E-state index is 13.1. The minimum Gasteiger partial charge on any atom is -0.379 e. The van der Waals surface area contributed by atoms with Gasteiger partial charge in [0.05, 0.1) is 5.69 Å². The maximum Gasteiger partial charge on any atom is 0.342 e. The minimum atomic E-state index is -4.10. The van der Waals surface area contributed by atoms with Crippen LogP contribution in [0.15, 0.2) is 108 Å². The molecule has 0 aliphatic rings. The maximum atomic E-state index is 13.1. The van der Waals surface area contributed by atoms with E-state index < -0.39 is 10.1 Å². The molecule has 0 fully saturated rings. The molecule has 0 aliphatic carbocycles. The molecule has 0 radical (unpaired) electrons. The lowest BCUT2D eigenvalue weighted by molar-refractivity contribution is 0.486. The molecule has 5 nitrogen and oxygen atoms in total. The summed E-state index contributed by atoms with van der Waals surface area (Å²) in [7, 11) is -4.10. The van der Waals surface area contributed by atoms with Crippen molar-refractivity contribution in [3.05, 3.63) is 109 Å². The van der Waals surface area contributed by atoms with E-state index in [9.17, 15) is 8.42 Å². The number of anilines is 1. The zero-order chi connectivity index (χ0) is 21.7. The number of nitrogens with zero attached hydrogens (tertiary/aromatic N) is 1. The Balaban J connectivity index is 1.75. The van der Waals surface area contributed by atoms with E-state index in [0.717, 1.165) is 11.1 Å². The minimum absolute atomic E-state index is 0.0150. The van der Waals surface area contributed by atoms with Crippen LogP contribution in [0.3, 0.4) is 0 Å². The molecule has 31 heavy (non-hydrogen) atoms.